The third-order valence-corrected chi connectivity index (χ3v) is 1.32. The van der Waals surface area contributed by atoms with Crippen LogP contribution in [0.2, 0.25) is 0 Å². The summed E-state index contributed by atoms with van der Waals surface area (Å²) in [6.07, 6.45) is 1.20. The van der Waals surface area contributed by atoms with E-state index in [2.05, 4.69) is 0 Å². The van der Waals surface area contributed by atoms with Gasteiger partial charge < -0.3 is 5.11 Å². The van der Waals surface area contributed by atoms with Gasteiger partial charge in [0.25, 0.3) is 10.1 Å². The minimum Gasteiger partial charge on any atom is -0.511 e. The SMILES string of the molecule is C/C=C(/O)CS(=O)(=O)O. The number of aliphatic hydroxyl groups excluding tert-OH is 1. The Kier molecular flexibility index (Phi) is 2.66. The van der Waals surface area contributed by atoms with Gasteiger partial charge in [-0.1, -0.05) is 0 Å². The topological polar surface area (TPSA) is 74.6 Å². The van der Waals surface area contributed by atoms with Gasteiger partial charge in [-0.3, -0.25) is 4.55 Å². The Morgan fingerprint density at radius 1 is 1.67 bits per heavy atom. The summed E-state index contributed by atoms with van der Waals surface area (Å²) in [6.45, 7) is 1.47. The van der Waals surface area contributed by atoms with E-state index in [0.717, 1.165) is 0 Å². The van der Waals surface area contributed by atoms with Crippen LogP contribution in [0.5, 0.6) is 0 Å². The van der Waals surface area contributed by atoms with Crippen LogP contribution in [-0.4, -0.2) is 23.8 Å². The molecule has 9 heavy (non-hydrogen) atoms. The summed E-state index contributed by atoms with van der Waals surface area (Å²) in [7, 11) is -4.05. The van der Waals surface area contributed by atoms with E-state index in [-0.39, 0.29) is 5.76 Å². The van der Waals surface area contributed by atoms with Gasteiger partial charge in [-0.05, 0) is 13.0 Å². The van der Waals surface area contributed by atoms with Crippen LogP contribution in [0.15, 0.2) is 11.8 Å². The number of aliphatic hydroxyl groups is 1. The Hall–Kier alpha value is -0.550. The maximum Gasteiger partial charge on any atom is 0.272 e. The Morgan fingerprint density at radius 3 is 2.22 bits per heavy atom. The summed E-state index contributed by atoms with van der Waals surface area (Å²) in [6, 6.07) is 0. The maximum atomic E-state index is 9.96. The standard InChI is InChI=1S/C4H8O4S/c1-2-4(5)3-9(6,7)8/h2,5H,3H2,1H3,(H,6,7,8)/b4-2+. The van der Waals surface area contributed by atoms with Gasteiger partial charge in [-0.25, -0.2) is 0 Å². The molecule has 0 aromatic carbocycles. The molecular formula is C4H8O4S. The highest BCUT2D eigenvalue weighted by molar-refractivity contribution is 7.85. The first kappa shape index (κ1) is 8.45. The summed E-state index contributed by atoms with van der Waals surface area (Å²) >= 11 is 0. The first-order valence-electron chi connectivity index (χ1n) is 2.25. The molecule has 0 rings (SSSR count). The van der Waals surface area contributed by atoms with E-state index in [1.165, 1.54) is 13.0 Å². The monoisotopic (exact) mass is 152 g/mol. The first-order chi connectivity index (χ1) is 3.95. The maximum absolute atomic E-state index is 9.96. The lowest BCUT2D eigenvalue weighted by atomic mass is 10.5. The molecule has 0 aliphatic rings. The molecular weight excluding hydrogens is 144 g/mol. The van der Waals surface area contributed by atoms with Gasteiger partial charge in [-0.15, -0.1) is 0 Å². The zero-order valence-corrected chi connectivity index (χ0v) is 5.72. The zero-order valence-electron chi connectivity index (χ0n) is 4.90. The molecule has 0 atom stereocenters. The lowest BCUT2D eigenvalue weighted by molar-refractivity contribution is 0.404. The van der Waals surface area contributed by atoms with Crippen LogP contribution in [0.25, 0.3) is 0 Å². The van der Waals surface area contributed by atoms with Crippen molar-refractivity contribution >= 4 is 10.1 Å². The third-order valence-electron chi connectivity index (χ3n) is 0.664. The second-order valence-corrected chi connectivity index (χ2v) is 2.96. The normalized spacial score (nSPS) is 13.8. The molecule has 0 aromatic heterocycles. The second-order valence-electron chi connectivity index (χ2n) is 1.51. The van der Waals surface area contributed by atoms with Crippen LogP contribution in [0.4, 0.5) is 0 Å². The molecule has 0 spiro atoms. The van der Waals surface area contributed by atoms with Crippen LogP contribution >= 0.6 is 0 Å². The number of hydrogen-bond acceptors (Lipinski definition) is 3. The summed E-state index contributed by atoms with van der Waals surface area (Å²) < 4.78 is 28.0. The molecule has 2 N–H and O–H groups in total. The molecule has 0 fully saturated rings. The Bertz CT molecular complexity index is 201. The van der Waals surface area contributed by atoms with E-state index in [4.69, 9.17) is 9.66 Å². The van der Waals surface area contributed by atoms with Crippen molar-refractivity contribution < 1.29 is 18.1 Å². The first-order valence-corrected chi connectivity index (χ1v) is 3.86. The Morgan fingerprint density at radius 2 is 2.11 bits per heavy atom. The molecule has 0 aromatic rings. The molecule has 0 heterocycles. The van der Waals surface area contributed by atoms with Crippen molar-refractivity contribution in [1.29, 1.82) is 0 Å². The highest BCUT2D eigenvalue weighted by Crippen LogP contribution is 1.92. The molecule has 0 bridgehead atoms. The van der Waals surface area contributed by atoms with Crippen molar-refractivity contribution in [3.05, 3.63) is 11.8 Å². The predicted octanol–water partition coefficient (Wildman–Crippen LogP) is 0.336. The lowest BCUT2D eigenvalue weighted by Crippen LogP contribution is -2.05. The average molecular weight is 152 g/mol. The fourth-order valence-electron chi connectivity index (χ4n) is 0.270. The van der Waals surface area contributed by atoms with Gasteiger partial charge in [0, 0.05) is 0 Å². The van der Waals surface area contributed by atoms with Crippen LogP contribution in [0.3, 0.4) is 0 Å². The van der Waals surface area contributed by atoms with Crippen LogP contribution in [-0.2, 0) is 10.1 Å². The van der Waals surface area contributed by atoms with Crippen molar-refractivity contribution in [3.8, 4) is 0 Å². The Balaban J connectivity index is 4.07. The van der Waals surface area contributed by atoms with E-state index in [1.807, 2.05) is 0 Å². The zero-order chi connectivity index (χ0) is 7.49. The fraction of sp³-hybridized carbons (Fsp3) is 0.500. The third kappa shape index (κ3) is 5.32. The number of hydrogen-bond donors (Lipinski definition) is 2. The number of allylic oxidation sites excluding steroid dienone is 1. The quantitative estimate of drug-likeness (QED) is 0.442. The minimum atomic E-state index is -4.05. The van der Waals surface area contributed by atoms with Crippen molar-refractivity contribution in [2.24, 2.45) is 0 Å². The van der Waals surface area contributed by atoms with Crippen molar-refractivity contribution in [2.75, 3.05) is 5.75 Å². The van der Waals surface area contributed by atoms with E-state index >= 15 is 0 Å². The molecule has 0 aliphatic carbocycles. The average Bonchev–Trinajstić information content (AvgIpc) is 1.62. The smallest absolute Gasteiger partial charge is 0.272 e. The molecule has 0 unspecified atom stereocenters. The minimum absolute atomic E-state index is 0.350. The summed E-state index contributed by atoms with van der Waals surface area (Å²) in [5.74, 6) is -1.05. The molecule has 0 amide bonds. The Labute approximate surface area is 53.6 Å². The van der Waals surface area contributed by atoms with Gasteiger partial charge in [-0.2, -0.15) is 8.42 Å². The summed E-state index contributed by atoms with van der Waals surface area (Å²) in [5.41, 5.74) is 0. The van der Waals surface area contributed by atoms with Gasteiger partial charge in [0.2, 0.25) is 0 Å². The van der Waals surface area contributed by atoms with E-state index in [9.17, 15) is 8.42 Å². The van der Waals surface area contributed by atoms with Gasteiger partial charge >= 0.3 is 0 Å². The predicted molar refractivity (Wildman–Crippen MR) is 32.8 cm³/mol. The summed E-state index contributed by atoms with van der Waals surface area (Å²) in [5, 5.41) is 8.52. The molecule has 0 saturated heterocycles. The largest absolute Gasteiger partial charge is 0.511 e. The number of rotatable bonds is 2. The second kappa shape index (κ2) is 2.84. The van der Waals surface area contributed by atoms with Crippen LogP contribution in [0.1, 0.15) is 6.92 Å². The van der Waals surface area contributed by atoms with Gasteiger partial charge in [0.1, 0.15) is 11.5 Å². The van der Waals surface area contributed by atoms with Gasteiger partial charge in [0.15, 0.2) is 0 Å². The van der Waals surface area contributed by atoms with Crippen LogP contribution in [0, 0.1) is 0 Å². The van der Waals surface area contributed by atoms with Crippen molar-refractivity contribution in [2.45, 2.75) is 6.92 Å². The highest BCUT2D eigenvalue weighted by Gasteiger charge is 2.05. The van der Waals surface area contributed by atoms with E-state index < -0.39 is 15.9 Å². The van der Waals surface area contributed by atoms with Crippen LogP contribution < -0.4 is 0 Å². The molecule has 0 radical (unpaired) electrons. The molecule has 0 aliphatic heterocycles. The highest BCUT2D eigenvalue weighted by atomic mass is 32.2. The molecule has 5 heteroatoms. The lowest BCUT2D eigenvalue weighted by Gasteiger charge is -1.92. The van der Waals surface area contributed by atoms with Gasteiger partial charge in [0.05, 0.1) is 0 Å². The van der Waals surface area contributed by atoms with E-state index in [1.54, 1.807) is 0 Å². The summed E-state index contributed by atoms with van der Waals surface area (Å²) in [4.78, 5) is 0. The molecule has 0 saturated carbocycles. The van der Waals surface area contributed by atoms with E-state index in [0.29, 0.717) is 0 Å². The van der Waals surface area contributed by atoms with Crippen molar-refractivity contribution in [3.63, 3.8) is 0 Å². The van der Waals surface area contributed by atoms with Crippen molar-refractivity contribution in [1.82, 2.24) is 0 Å². The fourth-order valence-corrected chi connectivity index (χ4v) is 0.811. The molecule has 54 valence electrons. The molecule has 4 nitrogen and oxygen atoms in total.